The number of rotatable bonds is 14. The zero-order valence-corrected chi connectivity index (χ0v) is 18.5. The molecule has 0 saturated carbocycles. The fourth-order valence-corrected chi connectivity index (χ4v) is 5.91. The monoisotopic (exact) mass is 400 g/mol. The number of halogens is 3. The fraction of sp³-hybridized carbons (Fsp3) is 1.00. The van der Waals surface area contributed by atoms with Crippen LogP contribution in [0, 0.1) is 5.92 Å². The Morgan fingerprint density at radius 3 is 1.60 bits per heavy atom. The molecule has 0 nitrogen and oxygen atoms in total. The first-order chi connectivity index (χ1) is 11.6. The third-order valence-electron chi connectivity index (χ3n) is 4.24. The van der Waals surface area contributed by atoms with Crippen LogP contribution in [0.25, 0.3) is 0 Å². The molecule has 0 amide bonds. The molecule has 0 radical (unpaired) electrons. The van der Waals surface area contributed by atoms with Gasteiger partial charge < -0.3 is 0 Å². The van der Waals surface area contributed by atoms with Gasteiger partial charge in [-0.25, -0.2) is 0 Å². The van der Waals surface area contributed by atoms with Crippen molar-refractivity contribution in [1.29, 1.82) is 0 Å². The zero-order valence-electron chi connectivity index (χ0n) is 16.9. The smallest absolute Gasteiger partial charge is 0.171 e. The lowest BCUT2D eigenvalue weighted by Gasteiger charge is -2.30. The molecule has 25 heavy (non-hydrogen) atoms. The maximum Gasteiger partial charge on any atom is 0.390 e. The van der Waals surface area contributed by atoms with Crippen LogP contribution in [0.15, 0.2) is 0 Å². The summed E-state index contributed by atoms with van der Waals surface area (Å²) in [5.74, 6) is 0.190. The second-order valence-electron chi connectivity index (χ2n) is 8.11. The first-order valence-electron chi connectivity index (χ1n) is 10.00. The molecular formula is C20H39F3S2. The van der Waals surface area contributed by atoms with Crippen LogP contribution in [0.4, 0.5) is 13.2 Å². The molecule has 0 aliphatic rings. The van der Waals surface area contributed by atoms with Crippen molar-refractivity contribution in [1.82, 2.24) is 0 Å². The minimum atomic E-state index is -4.07. The quantitative estimate of drug-likeness (QED) is 0.211. The summed E-state index contributed by atoms with van der Waals surface area (Å²) in [5.41, 5.74) is 0. The highest BCUT2D eigenvalue weighted by Crippen LogP contribution is 2.46. The van der Waals surface area contributed by atoms with Crippen molar-refractivity contribution in [2.45, 2.75) is 121 Å². The first kappa shape index (κ1) is 25.5. The van der Waals surface area contributed by atoms with Crippen molar-refractivity contribution >= 4 is 21.6 Å². The van der Waals surface area contributed by atoms with Crippen LogP contribution in [-0.2, 0) is 0 Å². The van der Waals surface area contributed by atoms with Crippen molar-refractivity contribution < 1.29 is 13.2 Å². The summed E-state index contributed by atoms with van der Waals surface area (Å²) in [6.45, 7) is 10.6. The summed E-state index contributed by atoms with van der Waals surface area (Å²) in [4.78, 5) is 0. The Balaban J connectivity index is 4.84. The fourth-order valence-electron chi connectivity index (χ4n) is 2.90. The lowest BCUT2D eigenvalue weighted by molar-refractivity contribution is -0.136. The largest absolute Gasteiger partial charge is 0.390 e. The number of hydrogen-bond acceptors (Lipinski definition) is 2. The van der Waals surface area contributed by atoms with E-state index in [0.29, 0.717) is 0 Å². The Bertz CT molecular complexity index is 299. The van der Waals surface area contributed by atoms with Gasteiger partial charge in [0.25, 0.3) is 0 Å². The average molecular weight is 401 g/mol. The predicted molar refractivity (Wildman–Crippen MR) is 110 cm³/mol. The molecule has 0 rings (SSSR count). The Morgan fingerprint density at radius 1 is 0.760 bits per heavy atom. The van der Waals surface area contributed by atoms with Gasteiger partial charge in [-0.2, -0.15) is 13.2 Å². The molecule has 0 aromatic rings. The van der Waals surface area contributed by atoms with E-state index >= 15 is 0 Å². The van der Waals surface area contributed by atoms with Crippen LogP contribution in [0.5, 0.6) is 0 Å². The maximum absolute atomic E-state index is 13.1. The zero-order chi connectivity index (χ0) is 19.3. The Labute approximate surface area is 162 Å². The number of hydrogen-bond donors (Lipinski definition) is 0. The van der Waals surface area contributed by atoms with Gasteiger partial charge in [0.2, 0.25) is 0 Å². The average Bonchev–Trinajstić information content (AvgIpc) is 2.48. The van der Waals surface area contributed by atoms with Crippen LogP contribution in [0.1, 0.15) is 105 Å². The van der Waals surface area contributed by atoms with Crippen molar-refractivity contribution in [3.8, 4) is 0 Å². The van der Waals surface area contributed by atoms with Crippen molar-refractivity contribution in [3.05, 3.63) is 0 Å². The summed E-state index contributed by atoms with van der Waals surface area (Å²) in [5, 5.41) is -0.313. The first-order valence-corrected chi connectivity index (χ1v) is 12.2. The van der Waals surface area contributed by atoms with E-state index < -0.39 is 12.6 Å². The van der Waals surface area contributed by atoms with E-state index in [0.717, 1.165) is 38.5 Å². The minimum Gasteiger partial charge on any atom is -0.171 e. The Kier molecular flexibility index (Phi) is 13.9. The molecule has 152 valence electrons. The van der Waals surface area contributed by atoms with Gasteiger partial charge in [-0.05, 0) is 18.8 Å². The molecule has 1 unspecified atom stereocenters. The van der Waals surface area contributed by atoms with Gasteiger partial charge >= 0.3 is 6.18 Å². The molecule has 0 N–H and O–H groups in total. The molecule has 0 aliphatic carbocycles. The van der Waals surface area contributed by atoms with Crippen molar-refractivity contribution in [2.24, 2.45) is 5.92 Å². The highest BCUT2D eigenvalue weighted by molar-refractivity contribution is 8.77. The normalized spacial score (nSPS) is 14.3. The molecule has 5 heteroatoms. The van der Waals surface area contributed by atoms with Gasteiger partial charge in [0.1, 0.15) is 0 Å². The lowest BCUT2D eigenvalue weighted by atomic mass is 9.90. The molecule has 1 atom stereocenters. The minimum absolute atomic E-state index is 0.0104. The molecule has 0 aliphatic heterocycles. The van der Waals surface area contributed by atoms with Gasteiger partial charge in [0.15, 0.2) is 0 Å². The van der Waals surface area contributed by atoms with E-state index in [-0.39, 0.29) is 15.9 Å². The molecule has 0 spiro atoms. The van der Waals surface area contributed by atoms with Crippen LogP contribution >= 0.6 is 21.6 Å². The third kappa shape index (κ3) is 16.4. The second kappa shape index (κ2) is 13.6. The summed E-state index contributed by atoms with van der Waals surface area (Å²) in [6, 6.07) is 0. The summed E-state index contributed by atoms with van der Waals surface area (Å²) >= 11 is 0. The summed E-state index contributed by atoms with van der Waals surface area (Å²) < 4.78 is 39.4. The maximum atomic E-state index is 13.1. The van der Waals surface area contributed by atoms with Gasteiger partial charge in [-0.15, -0.1) is 0 Å². The van der Waals surface area contributed by atoms with Crippen LogP contribution in [0.2, 0.25) is 0 Å². The molecular weight excluding hydrogens is 361 g/mol. The Morgan fingerprint density at radius 2 is 1.24 bits per heavy atom. The van der Waals surface area contributed by atoms with Crippen molar-refractivity contribution in [3.63, 3.8) is 0 Å². The number of unbranched alkanes of at least 4 members (excludes halogenated alkanes) is 6. The van der Waals surface area contributed by atoms with E-state index in [9.17, 15) is 13.2 Å². The van der Waals surface area contributed by atoms with Crippen LogP contribution < -0.4 is 0 Å². The van der Waals surface area contributed by atoms with E-state index in [2.05, 4.69) is 34.6 Å². The van der Waals surface area contributed by atoms with Crippen LogP contribution in [0.3, 0.4) is 0 Å². The Hall–Kier alpha value is 0.490. The van der Waals surface area contributed by atoms with Gasteiger partial charge in [-0.3, -0.25) is 0 Å². The second-order valence-corrected chi connectivity index (χ2v) is 11.4. The third-order valence-corrected chi connectivity index (χ3v) is 8.16. The van der Waals surface area contributed by atoms with Crippen LogP contribution in [-0.4, -0.2) is 16.2 Å². The lowest BCUT2D eigenvalue weighted by Crippen LogP contribution is -2.25. The molecule has 0 fully saturated rings. The molecule has 0 aromatic heterocycles. The molecule has 0 heterocycles. The van der Waals surface area contributed by atoms with E-state index in [1.54, 1.807) is 10.8 Å². The predicted octanol–water partition coefficient (Wildman–Crippen LogP) is 9.04. The van der Waals surface area contributed by atoms with E-state index in [1.807, 2.05) is 0 Å². The van der Waals surface area contributed by atoms with Gasteiger partial charge in [0, 0.05) is 10.00 Å². The molecule has 0 aromatic carbocycles. The van der Waals surface area contributed by atoms with Crippen molar-refractivity contribution in [2.75, 3.05) is 0 Å². The highest BCUT2D eigenvalue weighted by Gasteiger charge is 2.36. The summed E-state index contributed by atoms with van der Waals surface area (Å²) in [7, 11) is 3.10. The highest BCUT2D eigenvalue weighted by atomic mass is 33.1. The van der Waals surface area contributed by atoms with E-state index in [4.69, 9.17) is 0 Å². The molecule has 0 saturated heterocycles. The number of alkyl halides is 3. The van der Waals surface area contributed by atoms with Gasteiger partial charge in [-0.1, -0.05) is 108 Å². The summed E-state index contributed by atoms with van der Waals surface area (Å²) in [6.07, 6.45) is 6.35. The molecule has 0 bridgehead atoms. The SMILES string of the molecule is CCCCCCC(CCCCCC)C(CC(F)(F)F)SSC(C)(C)C. The van der Waals surface area contributed by atoms with E-state index in [1.165, 1.54) is 36.5 Å². The standard InChI is InChI=1S/C20H39F3S2/c1-6-8-10-12-14-17(15-13-11-9-7-2)18(16-20(21,22)23)24-25-19(3,4)5/h17-18H,6-16H2,1-5H3. The van der Waals surface area contributed by atoms with Gasteiger partial charge in [0.05, 0.1) is 6.42 Å². The topological polar surface area (TPSA) is 0 Å².